The Morgan fingerprint density at radius 1 is 1.37 bits per heavy atom. The number of halogens is 1. The number of thiazole rings is 1. The molecule has 27 heavy (non-hydrogen) atoms. The molecular weight excluding hydrogens is 410 g/mol. The number of hydrogen-bond acceptors (Lipinski definition) is 7. The number of nitro groups is 1. The number of benzene rings is 2. The molecule has 3 rings (SSSR count). The minimum Gasteiger partial charge on any atom is -0.494 e. The second-order valence-corrected chi connectivity index (χ2v) is 7.96. The van der Waals surface area contributed by atoms with E-state index in [-0.39, 0.29) is 22.4 Å². The van der Waals surface area contributed by atoms with Crippen molar-refractivity contribution in [1.29, 1.82) is 0 Å². The van der Waals surface area contributed by atoms with Gasteiger partial charge in [-0.15, -0.1) is 11.3 Å². The van der Waals surface area contributed by atoms with Crippen molar-refractivity contribution in [2.75, 3.05) is 17.7 Å². The van der Waals surface area contributed by atoms with Crippen LogP contribution in [0.25, 0.3) is 10.2 Å². The van der Waals surface area contributed by atoms with E-state index < -0.39 is 4.92 Å². The van der Waals surface area contributed by atoms with Gasteiger partial charge in [-0.3, -0.25) is 14.9 Å². The summed E-state index contributed by atoms with van der Waals surface area (Å²) >= 11 is 8.54. The maximum atomic E-state index is 12.1. The lowest BCUT2D eigenvalue weighted by atomic mass is 10.3. The molecule has 0 saturated heterocycles. The molecule has 1 amide bonds. The molecule has 7 nitrogen and oxygen atoms in total. The molecule has 0 fully saturated rings. The first-order valence-electron chi connectivity index (χ1n) is 7.86. The van der Waals surface area contributed by atoms with E-state index in [1.165, 1.54) is 41.3 Å². The lowest BCUT2D eigenvalue weighted by Crippen LogP contribution is -2.14. The second-order valence-electron chi connectivity index (χ2n) is 5.30. The average molecular weight is 424 g/mol. The highest BCUT2D eigenvalue weighted by atomic mass is 35.5. The molecule has 1 heterocycles. The number of rotatable bonds is 7. The maximum absolute atomic E-state index is 12.1. The molecular formula is C17H14ClN3O4S2. The fraction of sp³-hybridized carbons (Fsp3) is 0.176. The van der Waals surface area contributed by atoms with Crippen molar-refractivity contribution in [2.45, 2.75) is 11.3 Å². The van der Waals surface area contributed by atoms with Gasteiger partial charge >= 0.3 is 0 Å². The van der Waals surface area contributed by atoms with Crippen LogP contribution in [-0.4, -0.2) is 28.2 Å². The van der Waals surface area contributed by atoms with Crippen LogP contribution in [0.5, 0.6) is 5.75 Å². The number of carbonyl (C=O) groups excluding carboxylic acids is 1. The second kappa shape index (κ2) is 8.55. The Hall–Kier alpha value is -2.36. The van der Waals surface area contributed by atoms with Crippen molar-refractivity contribution in [2.24, 2.45) is 0 Å². The highest BCUT2D eigenvalue weighted by Crippen LogP contribution is 2.32. The zero-order valence-electron chi connectivity index (χ0n) is 14.1. The summed E-state index contributed by atoms with van der Waals surface area (Å²) in [6.45, 7) is 2.51. The number of anilines is 1. The van der Waals surface area contributed by atoms with Gasteiger partial charge in [0.2, 0.25) is 5.91 Å². The molecule has 0 bridgehead atoms. The van der Waals surface area contributed by atoms with E-state index in [2.05, 4.69) is 10.3 Å². The summed E-state index contributed by atoms with van der Waals surface area (Å²) in [5.74, 6) is 0.632. The predicted molar refractivity (Wildman–Crippen MR) is 108 cm³/mol. The van der Waals surface area contributed by atoms with E-state index in [1.807, 2.05) is 25.1 Å². The normalized spacial score (nSPS) is 10.7. The molecule has 0 unspecified atom stereocenters. The van der Waals surface area contributed by atoms with Crippen molar-refractivity contribution in [3.8, 4) is 5.75 Å². The van der Waals surface area contributed by atoms with Gasteiger partial charge in [0.1, 0.15) is 10.8 Å². The summed E-state index contributed by atoms with van der Waals surface area (Å²) in [4.78, 5) is 26.9. The average Bonchev–Trinajstić information content (AvgIpc) is 3.04. The molecule has 0 atom stereocenters. The predicted octanol–water partition coefficient (Wildman–Crippen LogP) is 4.99. The van der Waals surface area contributed by atoms with Crippen molar-refractivity contribution in [3.63, 3.8) is 0 Å². The van der Waals surface area contributed by atoms with Crippen molar-refractivity contribution in [1.82, 2.24) is 4.98 Å². The van der Waals surface area contributed by atoms with E-state index in [4.69, 9.17) is 16.3 Å². The molecule has 1 N–H and O–H groups in total. The summed E-state index contributed by atoms with van der Waals surface area (Å²) in [6, 6.07) is 9.80. The molecule has 0 aliphatic carbocycles. The number of thioether (sulfide) groups is 1. The van der Waals surface area contributed by atoms with Gasteiger partial charge in [0.25, 0.3) is 5.69 Å². The van der Waals surface area contributed by atoms with E-state index in [1.54, 1.807) is 0 Å². The molecule has 0 aliphatic heterocycles. The largest absolute Gasteiger partial charge is 0.494 e. The van der Waals surface area contributed by atoms with E-state index >= 15 is 0 Å². The third-order valence-electron chi connectivity index (χ3n) is 3.40. The highest BCUT2D eigenvalue weighted by Gasteiger charge is 2.14. The monoisotopic (exact) mass is 423 g/mol. The highest BCUT2D eigenvalue weighted by molar-refractivity contribution is 8.01. The van der Waals surface area contributed by atoms with Crippen molar-refractivity contribution in [3.05, 3.63) is 51.5 Å². The van der Waals surface area contributed by atoms with Crippen molar-refractivity contribution >= 4 is 62.2 Å². The maximum Gasteiger partial charge on any atom is 0.289 e. The standard InChI is InChI=1S/C17H14ClN3O4S2/c1-2-25-11-4-6-13-15(8-11)27-17(20-13)26-9-16(22)19-10-3-5-12(18)14(7-10)21(23)24/h3-8H,2,9H2,1H3,(H,19,22). The number of nitrogens with zero attached hydrogens (tertiary/aromatic N) is 2. The molecule has 0 aliphatic rings. The molecule has 10 heteroatoms. The lowest BCUT2D eigenvalue weighted by Gasteiger charge is -2.04. The zero-order chi connectivity index (χ0) is 19.4. The number of nitro benzene ring substituents is 1. The molecule has 0 radical (unpaired) electrons. The number of aromatic nitrogens is 1. The number of hydrogen-bond donors (Lipinski definition) is 1. The summed E-state index contributed by atoms with van der Waals surface area (Å²) in [7, 11) is 0. The minimum atomic E-state index is -0.593. The van der Waals surface area contributed by atoms with Crippen molar-refractivity contribution < 1.29 is 14.5 Å². The lowest BCUT2D eigenvalue weighted by molar-refractivity contribution is -0.384. The Morgan fingerprint density at radius 2 is 2.19 bits per heavy atom. The number of ether oxygens (including phenoxy) is 1. The molecule has 2 aromatic carbocycles. The van der Waals surface area contributed by atoms with Crippen LogP contribution in [0.2, 0.25) is 5.02 Å². The molecule has 1 aromatic heterocycles. The number of fused-ring (bicyclic) bond motifs is 1. The Kier molecular flexibility index (Phi) is 6.15. The van der Waals surface area contributed by atoms with Crippen LogP contribution >= 0.6 is 34.7 Å². The van der Waals surface area contributed by atoms with Crippen LogP contribution < -0.4 is 10.1 Å². The fourth-order valence-corrected chi connectivity index (χ4v) is 4.34. The van der Waals surface area contributed by atoms with Gasteiger partial charge in [-0.2, -0.15) is 0 Å². The van der Waals surface area contributed by atoms with E-state index in [9.17, 15) is 14.9 Å². The van der Waals surface area contributed by atoms with Gasteiger partial charge in [0, 0.05) is 11.8 Å². The number of amides is 1. The van der Waals surface area contributed by atoms with Gasteiger partial charge in [0.05, 0.1) is 27.5 Å². The fourth-order valence-electron chi connectivity index (χ4n) is 2.26. The first-order valence-corrected chi connectivity index (χ1v) is 10.0. The smallest absolute Gasteiger partial charge is 0.289 e. The SMILES string of the molecule is CCOc1ccc2nc(SCC(=O)Nc3ccc(Cl)c([N+](=O)[O-])c3)sc2c1. The van der Waals surface area contributed by atoms with Crippen LogP contribution in [0, 0.1) is 10.1 Å². The topological polar surface area (TPSA) is 94.4 Å². The Balaban J connectivity index is 1.63. The minimum absolute atomic E-state index is 0.0215. The molecule has 0 spiro atoms. The van der Waals surface area contributed by atoms with E-state index in [0.717, 1.165) is 20.3 Å². The first kappa shape index (κ1) is 19.4. The Labute approximate surface area is 167 Å². The van der Waals surface area contributed by atoms with Crippen LogP contribution in [0.3, 0.4) is 0 Å². The van der Waals surface area contributed by atoms with Gasteiger partial charge in [-0.1, -0.05) is 23.4 Å². The van der Waals surface area contributed by atoms with Gasteiger partial charge in [-0.05, 0) is 37.3 Å². The van der Waals surface area contributed by atoms with Crippen LogP contribution in [0.4, 0.5) is 11.4 Å². The summed E-state index contributed by atoms with van der Waals surface area (Å²) in [5.41, 5.74) is 0.917. The zero-order valence-corrected chi connectivity index (χ0v) is 16.5. The summed E-state index contributed by atoms with van der Waals surface area (Å²) < 4.78 is 7.22. The van der Waals surface area contributed by atoms with Crippen LogP contribution in [0.1, 0.15) is 6.92 Å². The number of nitrogens with one attached hydrogen (secondary N) is 1. The third-order valence-corrected chi connectivity index (χ3v) is 5.89. The van der Waals surface area contributed by atoms with Crippen LogP contribution in [-0.2, 0) is 4.79 Å². The molecule has 140 valence electrons. The quantitative estimate of drug-likeness (QED) is 0.327. The van der Waals surface area contributed by atoms with Gasteiger partial charge < -0.3 is 10.1 Å². The van der Waals surface area contributed by atoms with Gasteiger partial charge in [-0.25, -0.2) is 4.98 Å². The van der Waals surface area contributed by atoms with Gasteiger partial charge in [0.15, 0.2) is 4.34 Å². The van der Waals surface area contributed by atoms with E-state index in [0.29, 0.717) is 12.3 Å². The summed E-state index contributed by atoms with van der Waals surface area (Å²) in [6.07, 6.45) is 0. The third kappa shape index (κ3) is 4.88. The summed E-state index contributed by atoms with van der Waals surface area (Å²) in [5, 5.41) is 13.6. The number of carbonyl (C=O) groups is 1. The first-order chi connectivity index (χ1) is 13.0. The Bertz CT molecular complexity index is 1010. The van der Waals surface area contributed by atoms with Crippen LogP contribution in [0.15, 0.2) is 40.7 Å². The molecule has 3 aromatic rings. The molecule has 0 saturated carbocycles. The Morgan fingerprint density at radius 3 is 2.93 bits per heavy atom.